The molecule has 3 heterocycles. The fourth-order valence-electron chi connectivity index (χ4n) is 4.24. The molecule has 150 valence electrons. The Hall–Kier alpha value is -2.25. The van der Waals surface area contributed by atoms with Crippen molar-refractivity contribution >= 4 is 11.6 Å². The Kier molecular flexibility index (Phi) is 5.73. The van der Waals surface area contributed by atoms with Gasteiger partial charge in [0, 0.05) is 25.8 Å². The summed E-state index contributed by atoms with van der Waals surface area (Å²) in [5, 5.41) is 4.05. The largest absolute Gasteiger partial charge is 0.384 e. The van der Waals surface area contributed by atoms with Crippen molar-refractivity contribution < 1.29 is 14.1 Å². The summed E-state index contributed by atoms with van der Waals surface area (Å²) in [4.78, 5) is 21.8. The second-order valence-corrected chi connectivity index (χ2v) is 7.70. The standard InChI is InChI=1S/C21H28N4O3/c1-15-7-8-17-16(13-15)5-3-11-25(17)20(26)14-24-10-4-6-18(24)21-22-19(23-28-21)9-12-27-2/h7-8,13,18H,3-6,9-12,14H2,1-2H3/t18-/m0/s1. The van der Waals surface area contributed by atoms with Crippen LogP contribution in [0.2, 0.25) is 0 Å². The summed E-state index contributed by atoms with van der Waals surface area (Å²) in [6, 6.07) is 6.40. The molecule has 7 nitrogen and oxygen atoms in total. The molecule has 0 aliphatic carbocycles. The zero-order valence-electron chi connectivity index (χ0n) is 16.7. The Morgan fingerprint density at radius 1 is 1.32 bits per heavy atom. The van der Waals surface area contributed by atoms with E-state index in [2.05, 4.69) is 40.2 Å². The molecule has 0 unspecified atom stereocenters. The second-order valence-electron chi connectivity index (χ2n) is 7.70. The number of hydrogen-bond acceptors (Lipinski definition) is 6. The van der Waals surface area contributed by atoms with Gasteiger partial charge in [-0.1, -0.05) is 22.9 Å². The monoisotopic (exact) mass is 384 g/mol. The zero-order valence-corrected chi connectivity index (χ0v) is 16.7. The Labute approximate surface area is 165 Å². The van der Waals surface area contributed by atoms with Gasteiger partial charge in [-0.3, -0.25) is 9.69 Å². The minimum atomic E-state index is 0.0232. The van der Waals surface area contributed by atoms with Gasteiger partial charge in [-0.05, 0) is 50.8 Å². The van der Waals surface area contributed by atoms with E-state index in [1.807, 2.05) is 4.90 Å². The number of aromatic nitrogens is 2. The van der Waals surface area contributed by atoms with Crippen LogP contribution in [0.4, 0.5) is 5.69 Å². The minimum Gasteiger partial charge on any atom is -0.384 e. The molecule has 1 aromatic heterocycles. The van der Waals surface area contributed by atoms with Gasteiger partial charge in [0.25, 0.3) is 0 Å². The minimum absolute atomic E-state index is 0.0232. The van der Waals surface area contributed by atoms with Gasteiger partial charge >= 0.3 is 0 Å². The van der Waals surface area contributed by atoms with Crippen LogP contribution in [0.3, 0.4) is 0 Å². The summed E-state index contributed by atoms with van der Waals surface area (Å²) in [5.41, 5.74) is 3.59. The number of likely N-dealkylation sites (tertiary alicyclic amines) is 1. The average Bonchev–Trinajstić information content (AvgIpc) is 3.34. The molecule has 1 amide bonds. The van der Waals surface area contributed by atoms with Crippen LogP contribution in [0.15, 0.2) is 22.7 Å². The number of fused-ring (bicyclic) bond motifs is 1. The predicted octanol–water partition coefficient (Wildman–Crippen LogP) is 2.68. The molecule has 2 aromatic rings. The molecule has 0 bridgehead atoms. The van der Waals surface area contributed by atoms with E-state index in [0.717, 1.165) is 44.5 Å². The lowest BCUT2D eigenvalue weighted by molar-refractivity contribution is -0.120. The molecule has 28 heavy (non-hydrogen) atoms. The number of ether oxygens (including phenoxy) is 1. The van der Waals surface area contributed by atoms with Gasteiger partial charge in [0.2, 0.25) is 11.8 Å². The number of benzene rings is 1. The highest BCUT2D eigenvalue weighted by molar-refractivity contribution is 5.96. The summed E-state index contributed by atoms with van der Waals surface area (Å²) in [5.74, 6) is 1.43. The number of rotatable bonds is 6. The van der Waals surface area contributed by atoms with Crippen LogP contribution < -0.4 is 4.90 Å². The smallest absolute Gasteiger partial charge is 0.244 e. The number of carbonyl (C=O) groups is 1. The van der Waals surface area contributed by atoms with Crippen LogP contribution >= 0.6 is 0 Å². The molecule has 7 heteroatoms. The van der Waals surface area contributed by atoms with E-state index in [-0.39, 0.29) is 11.9 Å². The Morgan fingerprint density at radius 3 is 3.07 bits per heavy atom. The van der Waals surface area contributed by atoms with Crippen molar-refractivity contribution in [3.63, 3.8) is 0 Å². The maximum absolute atomic E-state index is 13.1. The molecule has 1 atom stereocenters. The number of nitrogens with zero attached hydrogens (tertiary/aromatic N) is 4. The van der Waals surface area contributed by atoms with Crippen molar-refractivity contribution in [1.29, 1.82) is 0 Å². The van der Waals surface area contributed by atoms with Gasteiger partial charge in [-0.2, -0.15) is 4.98 Å². The Balaban J connectivity index is 1.45. The van der Waals surface area contributed by atoms with Crippen LogP contribution in [0.25, 0.3) is 0 Å². The van der Waals surface area contributed by atoms with Crippen LogP contribution in [0, 0.1) is 6.92 Å². The van der Waals surface area contributed by atoms with E-state index in [1.165, 1.54) is 11.1 Å². The fourth-order valence-corrected chi connectivity index (χ4v) is 4.24. The van der Waals surface area contributed by atoms with E-state index in [0.29, 0.717) is 31.3 Å². The van der Waals surface area contributed by atoms with E-state index in [9.17, 15) is 4.79 Å². The number of methoxy groups -OCH3 is 1. The molecule has 1 fully saturated rings. The van der Waals surface area contributed by atoms with Gasteiger partial charge in [-0.15, -0.1) is 0 Å². The van der Waals surface area contributed by atoms with Crippen molar-refractivity contribution in [2.24, 2.45) is 0 Å². The average molecular weight is 384 g/mol. The predicted molar refractivity (Wildman–Crippen MR) is 105 cm³/mol. The maximum Gasteiger partial charge on any atom is 0.244 e. The lowest BCUT2D eigenvalue weighted by atomic mass is 9.99. The third-order valence-corrected chi connectivity index (χ3v) is 5.66. The molecule has 0 spiro atoms. The lowest BCUT2D eigenvalue weighted by Gasteiger charge is -2.32. The van der Waals surface area contributed by atoms with Crippen LogP contribution in [0.1, 0.15) is 48.1 Å². The SMILES string of the molecule is COCCc1noc([C@@H]2CCCN2CC(=O)N2CCCc3cc(C)ccc32)n1. The highest BCUT2D eigenvalue weighted by Gasteiger charge is 2.33. The quantitative estimate of drug-likeness (QED) is 0.763. The molecule has 4 rings (SSSR count). The molecule has 2 aliphatic rings. The van der Waals surface area contributed by atoms with Crippen LogP contribution in [-0.2, 0) is 22.4 Å². The topological polar surface area (TPSA) is 71.7 Å². The molecule has 1 aromatic carbocycles. The molecule has 0 saturated carbocycles. The van der Waals surface area contributed by atoms with E-state index in [1.54, 1.807) is 7.11 Å². The highest BCUT2D eigenvalue weighted by Crippen LogP contribution is 2.32. The van der Waals surface area contributed by atoms with Crippen molar-refractivity contribution in [2.75, 3.05) is 38.3 Å². The van der Waals surface area contributed by atoms with Crippen LogP contribution in [-0.4, -0.2) is 54.3 Å². The van der Waals surface area contributed by atoms with Crippen molar-refractivity contribution in [2.45, 2.75) is 45.1 Å². The van der Waals surface area contributed by atoms with E-state index in [4.69, 9.17) is 9.26 Å². The number of amides is 1. The van der Waals surface area contributed by atoms with Gasteiger partial charge < -0.3 is 14.2 Å². The van der Waals surface area contributed by atoms with E-state index < -0.39 is 0 Å². The second kappa shape index (κ2) is 8.41. The molecule has 0 N–H and O–H groups in total. The normalized spacial score (nSPS) is 19.8. The summed E-state index contributed by atoms with van der Waals surface area (Å²) in [6.45, 7) is 4.71. The fraction of sp³-hybridized carbons (Fsp3) is 0.571. The summed E-state index contributed by atoms with van der Waals surface area (Å²) in [7, 11) is 1.66. The van der Waals surface area contributed by atoms with Crippen LogP contribution in [0.5, 0.6) is 0 Å². The zero-order chi connectivity index (χ0) is 19.5. The Morgan fingerprint density at radius 2 is 2.21 bits per heavy atom. The number of anilines is 1. The third kappa shape index (κ3) is 3.95. The lowest BCUT2D eigenvalue weighted by Crippen LogP contribution is -2.42. The summed E-state index contributed by atoms with van der Waals surface area (Å²) in [6.07, 6.45) is 4.66. The summed E-state index contributed by atoms with van der Waals surface area (Å²) >= 11 is 0. The first kappa shape index (κ1) is 19.1. The first-order chi connectivity index (χ1) is 13.7. The number of hydrogen-bond donors (Lipinski definition) is 0. The van der Waals surface area contributed by atoms with Gasteiger partial charge in [0.15, 0.2) is 5.82 Å². The maximum atomic E-state index is 13.1. The molecule has 0 radical (unpaired) electrons. The summed E-state index contributed by atoms with van der Waals surface area (Å²) < 4.78 is 10.6. The van der Waals surface area contributed by atoms with Crippen molar-refractivity contribution in [3.8, 4) is 0 Å². The molecular formula is C21H28N4O3. The van der Waals surface area contributed by atoms with Gasteiger partial charge in [0.1, 0.15) is 0 Å². The first-order valence-corrected chi connectivity index (χ1v) is 10.1. The molecular weight excluding hydrogens is 356 g/mol. The number of aryl methyl sites for hydroxylation is 2. The first-order valence-electron chi connectivity index (χ1n) is 10.1. The van der Waals surface area contributed by atoms with Gasteiger partial charge in [0.05, 0.1) is 19.2 Å². The number of carbonyl (C=O) groups excluding carboxylic acids is 1. The molecule has 1 saturated heterocycles. The van der Waals surface area contributed by atoms with Crippen molar-refractivity contribution in [3.05, 3.63) is 41.0 Å². The Bertz CT molecular complexity index is 835. The van der Waals surface area contributed by atoms with E-state index >= 15 is 0 Å². The van der Waals surface area contributed by atoms with Gasteiger partial charge in [-0.25, -0.2) is 0 Å². The highest BCUT2D eigenvalue weighted by atomic mass is 16.5. The third-order valence-electron chi connectivity index (χ3n) is 5.66. The van der Waals surface area contributed by atoms with Crippen molar-refractivity contribution in [1.82, 2.24) is 15.0 Å². The molecule has 2 aliphatic heterocycles.